The summed E-state index contributed by atoms with van der Waals surface area (Å²) >= 11 is 1.80. The number of ether oxygens (including phenoxy) is 2. The molecule has 0 saturated carbocycles. The highest BCUT2D eigenvalue weighted by molar-refractivity contribution is 7.99. The SMILES string of the molecule is N=C(N)CCCCSc1ccc2c(c1)OCCO2. The Morgan fingerprint density at radius 2 is 2.00 bits per heavy atom. The molecule has 5 heteroatoms. The van der Waals surface area contributed by atoms with Crippen molar-refractivity contribution in [3.8, 4) is 11.5 Å². The van der Waals surface area contributed by atoms with Crippen molar-refractivity contribution in [1.82, 2.24) is 0 Å². The number of amidine groups is 1. The molecule has 1 aliphatic rings. The molecule has 0 amide bonds. The van der Waals surface area contributed by atoms with Gasteiger partial charge in [-0.1, -0.05) is 0 Å². The van der Waals surface area contributed by atoms with E-state index in [1.807, 2.05) is 12.1 Å². The number of rotatable bonds is 6. The van der Waals surface area contributed by atoms with Gasteiger partial charge < -0.3 is 15.2 Å². The largest absolute Gasteiger partial charge is 0.486 e. The molecule has 1 aromatic carbocycles. The summed E-state index contributed by atoms with van der Waals surface area (Å²) in [6.45, 7) is 1.25. The minimum atomic E-state index is 0.277. The zero-order chi connectivity index (χ0) is 12.8. The Labute approximate surface area is 111 Å². The van der Waals surface area contributed by atoms with Gasteiger partial charge in [-0.05, 0) is 36.8 Å². The van der Waals surface area contributed by atoms with Crippen LogP contribution in [0.5, 0.6) is 11.5 Å². The van der Waals surface area contributed by atoms with Crippen LogP contribution in [0.1, 0.15) is 19.3 Å². The van der Waals surface area contributed by atoms with Gasteiger partial charge in [0.15, 0.2) is 11.5 Å². The molecule has 1 aromatic rings. The molecular weight excluding hydrogens is 248 g/mol. The minimum Gasteiger partial charge on any atom is -0.486 e. The Morgan fingerprint density at radius 1 is 1.22 bits per heavy atom. The molecule has 4 nitrogen and oxygen atoms in total. The maximum atomic E-state index is 7.14. The molecule has 0 spiro atoms. The van der Waals surface area contributed by atoms with Crippen molar-refractivity contribution >= 4 is 17.6 Å². The maximum absolute atomic E-state index is 7.14. The molecule has 0 radical (unpaired) electrons. The smallest absolute Gasteiger partial charge is 0.162 e. The first-order chi connectivity index (χ1) is 8.75. The van der Waals surface area contributed by atoms with E-state index in [9.17, 15) is 0 Å². The van der Waals surface area contributed by atoms with Crippen molar-refractivity contribution < 1.29 is 9.47 Å². The maximum Gasteiger partial charge on any atom is 0.162 e. The second-order valence-corrected chi connectivity index (χ2v) is 5.30. The van der Waals surface area contributed by atoms with Crippen LogP contribution in [0.25, 0.3) is 0 Å². The summed E-state index contributed by atoms with van der Waals surface area (Å²) in [5, 5.41) is 7.14. The van der Waals surface area contributed by atoms with Crippen LogP contribution < -0.4 is 15.2 Å². The molecule has 18 heavy (non-hydrogen) atoms. The topological polar surface area (TPSA) is 68.3 Å². The number of unbranched alkanes of at least 4 members (excludes halogenated alkanes) is 1. The highest BCUT2D eigenvalue weighted by Gasteiger charge is 2.11. The van der Waals surface area contributed by atoms with Crippen molar-refractivity contribution in [1.29, 1.82) is 5.41 Å². The highest BCUT2D eigenvalue weighted by Crippen LogP contribution is 2.34. The monoisotopic (exact) mass is 266 g/mol. The zero-order valence-electron chi connectivity index (χ0n) is 10.3. The lowest BCUT2D eigenvalue weighted by molar-refractivity contribution is 0.171. The third-order valence-corrected chi connectivity index (χ3v) is 3.70. The van der Waals surface area contributed by atoms with Gasteiger partial charge in [-0.2, -0.15) is 0 Å². The van der Waals surface area contributed by atoms with Crippen LogP contribution >= 0.6 is 11.8 Å². The van der Waals surface area contributed by atoms with E-state index in [4.69, 9.17) is 20.6 Å². The van der Waals surface area contributed by atoms with Crippen molar-refractivity contribution in [2.24, 2.45) is 5.73 Å². The van der Waals surface area contributed by atoms with E-state index in [2.05, 4.69) is 6.07 Å². The van der Waals surface area contributed by atoms with Crippen LogP contribution in [-0.4, -0.2) is 24.8 Å². The normalized spacial score (nSPS) is 13.3. The molecule has 0 bridgehead atoms. The molecule has 3 N–H and O–H groups in total. The number of nitrogens with two attached hydrogens (primary N) is 1. The Kier molecular flexibility index (Phi) is 4.75. The van der Waals surface area contributed by atoms with Crippen LogP contribution in [-0.2, 0) is 0 Å². The first-order valence-corrected chi connectivity index (χ1v) is 7.09. The molecule has 0 fully saturated rings. The van der Waals surface area contributed by atoms with Crippen LogP contribution in [0.4, 0.5) is 0 Å². The lowest BCUT2D eigenvalue weighted by atomic mass is 10.2. The lowest BCUT2D eigenvalue weighted by Crippen LogP contribution is -2.15. The average molecular weight is 266 g/mol. The van der Waals surface area contributed by atoms with Gasteiger partial charge >= 0.3 is 0 Å². The second kappa shape index (κ2) is 6.54. The average Bonchev–Trinajstić information content (AvgIpc) is 2.38. The number of thioether (sulfide) groups is 1. The van der Waals surface area contributed by atoms with Crippen LogP contribution in [0.3, 0.4) is 0 Å². The molecule has 0 aliphatic carbocycles. The van der Waals surface area contributed by atoms with Gasteiger partial charge in [0, 0.05) is 11.3 Å². The predicted molar refractivity (Wildman–Crippen MR) is 73.9 cm³/mol. The van der Waals surface area contributed by atoms with Gasteiger partial charge in [0.1, 0.15) is 13.2 Å². The Morgan fingerprint density at radius 3 is 2.78 bits per heavy atom. The van der Waals surface area contributed by atoms with Crippen molar-refractivity contribution in [2.75, 3.05) is 19.0 Å². The molecular formula is C13H18N2O2S. The number of benzene rings is 1. The van der Waals surface area contributed by atoms with Gasteiger partial charge in [0.2, 0.25) is 0 Å². The van der Waals surface area contributed by atoms with Crippen LogP contribution in [0.15, 0.2) is 23.1 Å². The van der Waals surface area contributed by atoms with Crippen molar-refractivity contribution in [3.05, 3.63) is 18.2 Å². The number of nitrogens with one attached hydrogen (secondary N) is 1. The highest BCUT2D eigenvalue weighted by atomic mass is 32.2. The number of hydrogen-bond acceptors (Lipinski definition) is 4. The lowest BCUT2D eigenvalue weighted by Gasteiger charge is -2.18. The molecule has 0 atom stereocenters. The zero-order valence-corrected chi connectivity index (χ0v) is 11.1. The molecule has 98 valence electrons. The van der Waals surface area contributed by atoms with E-state index in [0.717, 1.165) is 30.1 Å². The fraction of sp³-hybridized carbons (Fsp3) is 0.462. The third-order valence-electron chi connectivity index (χ3n) is 2.62. The minimum absolute atomic E-state index is 0.277. The summed E-state index contributed by atoms with van der Waals surface area (Å²) in [5.74, 6) is 2.99. The molecule has 0 saturated heterocycles. The Balaban J connectivity index is 1.77. The van der Waals surface area contributed by atoms with Crippen LogP contribution in [0.2, 0.25) is 0 Å². The molecule has 0 aromatic heterocycles. The van der Waals surface area contributed by atoms with Crippen molar-refractivity contribution in [2.45, 2.75) is 24.2 Å². The van der Waals surface area contributed by atoms with Crippen LogP contribution in [0, 0.1) is 5.41 Å². The Hall–Kier alpha value is -1.36. The van der Waals surface area contributed by atoms with E-state index in [1.165, 1.54) is 4.90 Å². The van der Waals surface area contributed by atoms with E-state index in [0.29, 0.717) is 19.6 Å². The number of hydrogen-bond donors (Lipinski definition) is 2. The van der Waals surface area contributed by atoms with Crippen molar-refractivity contribution in [3.63, 3.8) is 0 Å². The van der Waals surface area contributed by atoms with Gasteiger partial charge in [-0.25, -0.2) is 0 Å². The van der Waals surface area contributed by atoms with Gasteiger partial charge in [0.25, 0.3) is 0 Å². The summed E-state index contributed by atoms with van der Waals surface area (Å²) < 4.78 is 11.0. The van der Waals surface area contributed by atoms with E-state index in [-0.39, 0.29) is 5.84 Å². The first-order valence-electron chi connectivity index (χ1n) is 6.11. The summed E-state index contributed by atoms with van der Waals surface area (Å²) in [5.41, 5.74) is 5.31. The van der Waals surface area contributed by atoms with Gasteiger partial charge in [0.05, 0.1) is 5.84 Å². The van der Waals surface area contributed by atoms with E-state index < -0.39 is 0 Å². The number of fused-ring (bicyclic) bond motifs is 1. The second-order valence-electron chi connectivity index (χ2n) is 4.14. The molecule has 1 aliphatic heterocycles. The van der Waals surface area contributed by atoms with Gasteiger partial charge in [-0.15, -0.1) is 11.8 Å². The summed E-state index contributed by atoms with van der Waals surface area (Å²) in [7, 11) is 0. The summed E-state index contributed by atoms with van der Waals surface area (Å²) in [6.07, 6.45) is 2.74. The molecule has 2 rings (SSSR count). The molecule has 0 unspecified atom stereocenters. The predicted octanol–water partition coefficient (Wildman–Crippen LogP) is 2.66. The summed E-state index contributed by atoms with van der Waals surface area (Å²) in [6, 6.07) is 6.06. The Bertz CT molecular complexity index is 423. The molecule has 1 heterocycles. The fourth-order valence-corrected chi connectivity index (χ4v) is 2.66. The van der Waals surface area contributed by atoms with Gasteiger partial charge in [-0.3, -0.25) is 5.41 Å². The van der Waals surface area contributed by atoms with E-state index in [1.54, 1.807) is 11.8 Å². The standard InChI is InChI=1S/C13H18N2O2S/c14-13(15)3-1-2-8-18-10-4-5-11-12(9-10)17-7-6-16-11/h4-5,9H,1-3,6-8H2,(H3,14,15). The fourth-order valence-electron chi connectivity index (χ4n) is 1.72. The third kappa shape index (κ3) is 3.84. The summed E-state index contributed by atoms with van der Waals surface area (Å²) in [4.78, 5) is 1.20. The first kappa shape index (κ1) is 13.1. The van der Waals surface area contributed by atoms with E-state index >= 15 is 0 Å². The quantitative estimate of drug-likeness (QED) is 0.359.